The van der Waals surface area contributed by atoms with E-state index in [-0.39, 0.29) is 11.6 Å². The van der Waals surface area contributed by atoms with E-state index in [2.05, 4.69) is 39.9 Å². The molecule has 200 valence electrons. The van der Waals surface area contributed by atoms with Crippen molar-refractivity contribution < 1.29 is 23.8 Å². The highest BCUT2D eigenvalue weighted by Crippen LogP contribution is 2.51. The summed E-state index contributed by atoms with van der Waals surface area (Å²) in [5.74, 6) is 1.01. The first-order valence-corrected chi connectivity index (χ1v) is 14.1. The number of halogens is 1. The highest BCUT2D eigenvalue weighted by Gasteiger charge is 2.43. The largest absolute Gasteiger partial charge is 0.493 e. The maximum absolute atomic E-state index is 13.5. The Bertz CT molecular complexity index is 1270. The monoisotopic (exact) mass is 579 g/mol. The lowest BCUT2D eigenvalue weighted by atomic mass is 9.71. The van der Waals surface area contributed by atoms with E-state index in [0.29, 0.717) is 44.1 Å². The normalized spacial score (nSPS) is 18.1. The second kappa shape index (κ2) is 11.5. The first-order valence-electron chi connectivity index (χ1n) is 13.3. The Hall–Kier alpha value is -2.90. The summed E-state index contributed by atoms with van der Waals surface area (Å²) in [4.78, 5) is 29.2. The highest BCUT2D eigenvalue weighted by atomic mass is 79.9. The van der Waals surface area contributed by atoms with Gasteiger partial charge in [-0.15, -0.1) is 0 Å². The lowest BCUT2D eigenvalue weighted by Crippen LogP contribution is -2.40. The number of benzene rings is 2. The van der Waals surface area contributed by atoms with E-state index < -0.39 is 5.92 Å². The fourth-order valence-electron chi connectivity index (χ4n) is 5.89. The van der Waals surface area contributed by atoms with Crippen LogP contribution in [0.15, 0.2) is 63.4 Å². The summed E-state index contributed by atoms with van der Waals surface area (Å²) in [5.41, 5.74) is 6.72. The van der Waals surface area contributed by atoms with Crippen molar-refractivity contribution >= 4 is 27.5 Å². The van der Waals surface area contributed by atoms with Crippen molar-refractivity contribution in [2.75, 3.05) is 27.4 Å². The van der Waals surface area contributed by atoms with Crippen LogP contribution in [0.5, 0.6) is 11.5 Å². The van der Waals surface area contributed by atoms with Crippen LogP contribution in [-0.4, -0.2) is 43.8 Å². The van der Waals surface area contributed by atoms with Crippen molar-refractivity contribution in [1.29, 1.82) is 0 Å². The van der Waals surface area contributed by atoms with Crippen molar-refractivity contribution in [3.05, 3.63) is 80.1 Å². The summed E-state index contributed by atoms with van der Waals surface area (Å²) >= 11 is 3.71. The zero-order valence-corrected chi connectivity index (χ0v) is 23.9. The smallest absolute Gasteiger partial charge is 0.175 e. The van der Waals surface area contributed by atoms with E-state index in [1.54, 1.807) is 14.2 Å². The second-order valence-corrected chi connectivity index (χ2v) is 11.0. The number of methoxy groups -OCH3 is 2. The standard InChI is InChI=1S/C31H34BrNO5/c1-19-10-12-20(13-11-19)18-38-31-22(32)16-21(17-27(31)37-3)28-29-23(6-4-8-25(29)34)33(14-15-36-2)24-7-5-9-26(35)30(24)28/h10-13,16-17,28H,4-9,14-15,18H2,1-3H3. The summed E-state index contributed by atoms with van der Waals surface area (Å²) in [5, 5.41) is 0. The zero-order valence-electron chi connectivity index (χ0n) is 22.3. The predicted molar refractivity (Wildman–Crippen MR) is 149 cm³/mol. The lowest BCUT2D eigenvalue weighted by Gasteiger charge is -2.44. The molecule has 1 aliphatic heterocycles. The molecule has 2 aromatic rings. The lowest BCUT2D eigenvalue weighted by molar-refractivity contribution is -0.117. The number of hydrogen-bond donors (Lipinski definition) is 0. The Kier molecular flexibility index (Phi) is 8.05. The van der Waals surface area contributed by atoms with Crippen LogP contribution in [0, 0.1) is 6.92 Å². The van der Waals surface area contributed by atoms with E-state index in [4.69, 9.17) is 14.2 Å². The number of carbonyl (C=O) groups excluding carboxylic acids is 2. The van der Waals surface area contributed by atoms with Gasteiger partial charge >= 0.3 is 0 Å². The molecule has 0 spiro atoms. The molecule has 0 amide bonds. The number of nitrogens with zero attached hydrogens (tertiary/aromatic N) is 1. The van der Waals surface area contributed by atoms with Crippen molar-refractivity contribution in [3.63, 3.8) is 0 Å². The molecule has 0 fully saturated rings. The first-order chi connectivity index (χ1) is 18.4. The van der Waals surface area contributed by atoms with Crippen molar-refractivity contribution in [2.45, 2.75) is 58.0 Å². The Morgan fingerprint density at radius 3 is 2.13 bits per heavy atom. The van der Waals surface area contributed by atoms with Gasteiger partial charge in [0.2, 0.25) is 0 Å². The number of allylic oxidation sites excluding steroid dienone is 4. The fourth-order valence-corrected chi connectivity index (χ4v) is 6.46. The third kappa shape index (κ3) is 5.06. The van der Waals surface area contributed by atoms with Gasteiger partial charge in [0.05, 0.1) is 18.2 Å². The van der Waals surface area contributed by atoms with Crippen molar-refractivity contribution in [3.8, 4) is 11.5 Å². The number of rotatable bonds is 8. The van der Waals surface area contributed by atoms with E-state index in [9.17, 15) is 9.59 Å². The number of carbonyl (C=O) groups is 2. The number of hydrogen-bond acceptors (Lipinski definition) is 6. The molecule has 0 aromatic heterocycles. The Balaban J connectivity index is 1.58. The van der Waals surface area contributed by atoms with E-state index in [1.807, 2.05) is 24.3 Å². The molecule has 0 N–H and O–H groups in total. The molecule has 2 aliphatic carbocycles. The summed E-state index contributed by atoms with van der Waals surface area (Å²) in [6.07, 6.45) is 4.29. The molecule has 0 atom stereocenters. The van der Waals surface area contributed by atoms with Crippen LogP contribution in [0.3, 0.4) is 0 Å². The van der Waals surface area contributed by atoms with Crippen LogP contribution in [0.1, 0.15) is 61.1 Å². The average molecular weight is 581 g/mol. The van der Waals surface area contributed by atoms with Gasteiger partial charge in [0.1, 0.15) is 6.61 Å². The van der Waals surface area contributed by atoms with Gasteiger partial charge < -0.3 is 19.1 Å². The molecule has 38 heavy (non-hydrogen) atoms. The molecule has 5 rings (SSSR count). The fraction of sp³-hybridized carbons (Fsp3) is 0.419. The summed E-state index contributed by atoms with van der Waals surface area (Å²) < 4.78 is 18.1. The minimum absolute atomic E-state index is 0.123. The molecular weight excluding hydrogens is 546 g/mol. The van der Waals surface area contributed by atoms with Crippen LogP contribution >= 0.6 is 15.9 Å². The SMILES string of the molecule is COCCN1C2=C(C(=O)CCC2)C(c2cc(Br)c(OCc3ccc(C)cc3)c(OC)c2)C2=C1CCCC2=O. The number of ether oxygens (including phenoxy) is 3. The van der Waals surface area contributed by atoms with Gasteiger partial charge in [-0.1, -0.05) is 29.8 Å². The third-order valence-corrected chi connectivity index (χ3v) is 8.28. The van der Waals surface area contributed by atoms with Gasteiger partial charge in [0, 0.05) is 55.0 Å². The molecule has 2 aromatic carbocycles. The van der Waals surface area contributed by atoms with E-state index >= 15 is 0 Å². The van der Waals surface area contributed by atoms with Crippen molar-refractivity contribution in [1.82, 2.24) is 4.90 Å². The molecule has 3 aliphatic rings. The van der Waals surface area contributed by atoms with Gasteiger partial charge in [0.25, 0.3) is 0 Å². The van der Waals surface area contributed by atoms with Gasteiger partial charge in [-0.05, 0) is 71.8 Å². The topological polar surface area (TPSA) is 65.1 Å². The van der Waals surface area contributed by atoms with E-state index in [1.165, 1.54) is 5.56 Å². The molecule has 0 bridgehead atoms. The molecule has 0 saturated carbocycles. The molecule has 0 unspecified atom stereocenters. The van der Waals surface area contributed by atoms with Gasteiger partial charge in [-0.2, -0.15) is 0 Å². The summed E-state index contributed by atoms with van der Waals surface area (Å²) in [6, 6.07) is 12.1. The zero-order chi connectivity index (χ0) is 26.8. The van der Waals surface area contributed by atoms with Crippen LogP contribution in [0.25, 0.3) is 0 Å². The highest BCUT2D eigenvalue weighted by molar-refractivity contribution is 9.10. The van der Waals surface area contributed by atoms with Crippen LogP contribution in [0.2, 0.25) is 0 Å². The second-order valence-electron chi connectivity index (χ2n) is 10.2. The summed E-state index contributed by atoms with van der Waals surface area (Å²) in [7, 11) is 3.30. The molecule has 6 nitrogen and oxygen atoms in total. The number of ketones is 2. The molecule has 7 heteroatoms. The number of Topliss-reactive ketones (excluding diaryl/α,β-unsaturated/α-hetero) is 2. The van der Waals surface area contributed by atoms with Crippen molar-refractivity contribution in [2.24, 2.45) is 0 Å². The van der Waals surface area contributed by atoms with Gasteiger partial charge in [-0.3, -0.25) is 9.59 Å². The third-order valence-electron chi connectivity index (χ3n) is 7.69. The first kappa shape index (κ1) is 26.7. The average Bonchev–Trinajstić information content (AvgIpc) is 2.91. The Morgan fingerprint density at radius 1 is 0.921 bits per heavy atom. The quantitative estimate of drug-likeness (QED) is 0.360. The maximum atomic E-state index is 13.5. The van der Waals surface area contributed by atoms with Gasteiger partial charge in [-0.25, -0.2) is 0 Å². The van der Waals surface area contributed by atoms with E-state index in [0.717, 1.165) is 63.8 Å². The molecule has 1 heterocycles. The Labute approximate surface area is 232 Å². The Morgan fingerprint density at radius 2 is 1.55 bits per heavy atom. The summed E-state index contributed by atoms with van der Waals surface area (Å²) in [6.45, 7) is 3.63. The molecular formula is C31H34BrNO5. The molecule has 0 saturated heterocycles. The minimum Gasteiger partial charge on any atom is -0.493 e. The van der Waals surface area contributed by atoms with Crippen LogP contribution in [-0.2, 0) is 20.9 Å². The predicted octanol–water partition coefficient (Wildman–Crippen LogP) is 6.40. The van der Waals surface area contributed by atoms with Crippen LogP contribution in [0.4, 0.5) is 0 Å². The molecule has 0 radical (unpaired) electrons. The number of aryl methyl sites for hydroxylation is 1. The van der Waals surface area contributed by atoms with Gasteiger partial charge in [0.15, 0.2) is 23.1 Å². The minimum atomic E-state index is -0.407. The maximum Gasteiger partial charge on any atom is 0.175 e. The van der Waals surface area contributed by atoms with Crippen LogP contribution < -0.4 is 9.47 Å².